The number of nitrogens with one attached hydrogen (secondary N) is 1. The van der Waals surface area contributed by atoms with Crippen molar-refractivity contribution in [3.05, 3.63) is 124 Å². The van der Waals surface area contributed by atoms with Crippen LogP contribution in [0.4, 0.5) is 13.2 Å². The first-order valence-electron chi connectivity index (χ1n) is 13.5. The van der Waals surface area contributed by atoms with Crippen LogP contribution in [0, 0.1) is 6.92 Å². The highest BCUT2D eigenvalue weighted by atomic mass is 19.4. The van der Waals surface area contributed by atoms with E-state index in [1.54, 1.807) is 19.2 Å². The molecule has 0 aliphatic carbocycles. The van der Waals surface area contributed by atoms with Gasteiger partial charge in [-0.1, -0.05) is 72.8 Å². The summed E-state index contributed by atoms with van der Waals surface area (Å²) in [5.74, 6) is -0.0940. The molecule has 5 nitrogen and oxygen atoms in total. The van der Waals surface area contributed by atoms with Crippen molar-refractivity contribution >= 4 is 5.91 Å². The first-order valence-corrected chi connectivity index (χ1v) is 13.5. The molecular formula is C32H33F3N4O. The first kappa shape index (κ1) is 27.6. The van der Waals surface area contributed by atoms with E-state index in [-0.39, 0.29) is 11.9 Å². The molecule has 0 unspecified atom stereocenters. The normalized spacial score (nSPS) is 16.4. The van der Waals surface area contributed by atoms with Gasteiger partial charge in [0.1, 0.15) is 6.04 Å². The van der Waals surface area contributed by atoms with Gasteiger partial charge in [0, 0.05) is 37.3 Å². The summed E-state index contributed by atoms with van der Waals surface area (Å²) < 4.78 is 41.4. The smallest absolute Gasteiger partial charge is 0.358 e. The molecule has 5 rings (SSSR count). The fourth-order valence-corrected chi connectivity index (χ4v) is 5.83. The van der Waals surface area contributed by atoms with Crippen molar-refractivity contribution in [1.82, 2.24) is 20.0 Å². The SMILES string of the molecule is CNC(=O)[C@@H](c1ccccc1)N1CCc2c(c(C)nn2Cc2ccccc2)[C@@H]1CCc1ccc(C(F)(F)F)cc1. The van der Waals surface area contributed by atoms with Gasteiger partial charge in [0.15, 0.2) is 0 Å². The highest BCUT2D eigenvalue weighted by molar-refractivity contribution is 5.83. The summed E-state index contributed by atoms with van der Waals surface area (Å²) in [5, 5.41) is 7.77. The van der Waals surface area contributed by atoms with Gasteiger partial charge in [-0.3, -0.25) is 14.4 Å². The number of alkyl halides is 3. The summed E-state index contributed by atoms with van der Waals surface area (Å²) in [6.07, 6.45) is -2.43. The molecule has 4 aromatic rings. The van der Waals surface area contributed by atoms with Crippen molar-refractivity contribution in [2.45, 2.75) is 51.0 Å². The van der Waals surface area contributed by atoms with Gasteiger partial charge in [0.2, 0.25) is 5.91 Å². The summed E-state index contributed by atoms with van der Waals surface area (Å²) in [6.45, 7) is 3.31. The van der Waals surface area contributed by atoms with E-state index in [9.17, 15) is 18.0 Å². The average Bonchev–Trinajstić information content (AvgIpc) is 3.28. The largest absolute Gasteiger partial charge is 0.416 e. The Morgan fingerprint density at radius 1 is 0.975 bits per heavy atom. The van der Waals surface area contributed by atoms with Crippen molar-refractivity contribution in [1.29, 1.82) is 0 Å². The van der Waals surface area contributed by atoms with E-state index in [2.05, 4.69) is 27.0 Å². The summed E-state index contributed by atoms with van der Waals surface area (Å²) in [7, 11) is 1.65. The predicted molar refractivity (Wildman–Crippen MR) is 149 cm³/mol. The zero-order valence-corrected chi connectivity index (χ0v) is 22.7. The van der Waals surface area contributed by atoms with Crippen LogP contribution in [0.25, 0.3) is 0 Å². The zero-order valence-electron chi connectivity index (χ0n) is 22.7. The molecular weight excluding hydrogens is 513 g/mol. The van der Waals surface area contributed by atoms with E-state index in [4.69, 9.17) is 5.10 Å². The lowest BCUT2D eigenvalue weighted by Crippen LogP contribution is -2.45. The Kier molecular flexibility index (Phi) is 8.07. The van der Waals surface area contributed by atoms with E-state index in [1.807, 2.05) is 55.5 Å². The van der Waals surface area contributed by atoms with Crippen LogP contribution in [0.3, 0.4) is 0 Å². The number of hydrogen-bond acceptors (Lipinski definition) is 3. The second-order valence-corrected chi connectivity index (χ2v) is 10.3. The molecule has 3 aromatic carbocycles. The van der Waals surface area contributed by atoms with Crippen molar-refractivity contribution in [3.63, 3.8) is 0 Å². The van der Waals surface area contributed by atoms with Crippen LogP contribution >= 0.6 is 0 Å². The summed E-state index contributed by atoms with van der Waals surface area (Å²) in [6, 6.07) is 24.6. The average molecular weight is 547 g/mol. The van der Waals surface area contributed by atoms with Crippen LogP contribution in [0.2, 0.25) is 0 Å². The monoisotopic (exact) mass is 546 g/mol. The minimum atomic E-state index is -4.37. The molecule has 2 atom stereocenters. The number of rotatable bonds is 8. The number of nitrogens with zero attached hydrogens (tertiary/aromatic N) is 3. The molecule has 0 spiro atoms. The molecule has 1 aliphatic rings. The van der Waals surface area contributed by atoms with Gasteiger partial charge in [0.25, 0.3) is 0 Å². The van der Waals surface area contributed by atoms with Gasteiger partial charge >= 0.3 is 6.18 Å². The molecule has 2 heterocycles. The maximum Gasteiger partial charge on any atom is 0.416 e. The lowest BCUT2D eigenvalue weighted by Gasteiger charge is -2.41. The van der Waals surface area contributed by atoms with E-state index in [0.29, 0.717) is 25.9 Å². The topological polar surface area (TPSA) is 50.2 Å². The number of halogens is 3. The molecule has 1 amide bonds. The number of likely N-dealkylation sites (N-methyl/N-ethyl adjacent to an activating group) is 1. The molecule has 0 saturated heterocycles. The second-order valence-electron chi connectivity index (χ2n) is 10.3. The van der Waals surface area contributed by atoms with E-state index in [1.165, 1.54) is 0 Å². The van der Waals surface area contributed by atoms with Gasteiger partial charge in [-0.05, 0) is 48.6 Å². The Morgan fingerprint density at radius 2 is 1.62 bits per heavy atom. The van der Waals surface area contributed by atoms with E-state index >= 15 is 0 Å². The third-order valence-electron chi connectivity index (χ3n) is 7.73. The van der Waals surface area contributed by atoms with Crippen molar-refractivity contribution in [3.8, 4) is 0 Å². The number of aryl methyl sites for hydroxylation is 2. The second kappa shape index (κ2) is 11.7. The van der Waals surface area contributed by atoms with Crippen LogP contribution in [-0.2, 0) is 30.4 Å². The molecule has 1 aliphatic heterocycles. The minimum Gasteiger partial charge on any atom is -0.358 e. The van der Waals surface area contributed by atoms with Crippen LogP contribution in [0.15, 0.2) is 84.9 Å². The maximum absolute atomic E-state index is 13.3. The standard InChI is InChI=1S/C32H33F3N4O/c1-22-29-27(18-15-23-13-16-26(17-14-23)32(33,34)35)38(30(31(40)36-2)25-11-7-4-8-12-25)20-19-28(29)39(37-22)21-24-9-5-3-6-10-24/h3-14,16-17,27,30H,15,18-21H2,1-2H3,(H,36,40)/t27-,30+/m0/s1. The maximum atomic E-state index is 13.3. The van der Waals surface area contributed by atoms with Gasteiger partial charge < -0.3 is 5.32 Å². The Labute approximate surface area is 232 Å². The molecule has 0 bridgehead atoms. The highest BCUT2D eigenvalue weighted by Crippen LogP contribution is 2.41. The fraction of sp³-hybridized carbons (Fsp3) is 0.312. The number of carbonyl (C=O) groups excluding carboxylic acids is 1. The van der Waals surface area contributed by atoms with Crippen LogP contribution in [0.1, 0.15) is 57.7 Å². The molecule has 40 heavy (non-hydrogen) atoms. The Morgan fingerprint density at radius 3 is 2.25 bits per heavy atom. The summed E-state index contributed by atoms with van der Waals surface area (Å²) in [4.78, 5) is 15.6. The van der Waals surface area contributed by atoms with Gasteiger partial charge in [0.05, 0.1) is 17.8 Å². The van der Waals surface area contributed by atoms with Gasteiger partial charge in [-0.15, -0.1) is 0 Å². The van der Waals surface area contributed by atoms with Gasteiger partial charge in [-0.2, -0.15) is 18.3 Å². The van der Waals surface area contributed by atoms with Crippen LogP contribution < -0.4 is 5.32 Å². The number of fused-ring (bicyclic) bond motifs is 1. The Hall–Kier alpha value is -3.91. The number of carbonyl (C=O) groups is 1. The summed E-state index contributed by atoms with van der Waals surface area (Å²) in [5.41, 5.74) is 5.41. The summed E-state index contributed by atoms with van der Waals surface area (Å²) >= 11 is 0. The molecule has 1 aromatic heterocycles. The Balaban J connectivity index is 1.52. The third-order valence-corrected chi connectivity index (χ3v) is 7.73. The number of benzene rings is 3. The van der Waals surface area contributed by atoms with E-state index < -0.39 is 17.8 Å². The van der Waals surface area contributed by atoms with Crippen LogP contribution in [-0.4, -0.2) is 34.2 Å². The van der Waals surface area contributed by atoms with Crippen LogP contribution in [0.5, 0.6) is 0 Å². The molecule has 208 valence electrons. The third kappa shape index (κ3) is 5.82. The molecule has 0 saturated carbocycles. The predicted octanol–water partition coefficient (Wildman–Crippen LogP) is 6.28. The first-order chi connectivity index (χ1) is 19.3. The Bertz CT molecular complexity index is 1430. The molecule has 1 N–H and O–H groups in total. The molecule has 0 radical (unpaired) electrons. The van der Waals surface area contributed by atoms with Crippen molar-refractivity contribution in [2.75, 3.05) is 13.6 Å². The lowest BCUT2D eigenvalue weighted by atomic mass is 9.88. The van der Waals surface area contributed by atoms with Gasteiger partial charge in [-0.25, -0.2) is 0 Å². The van der Waals surface area contributed by atoms with Crippen molar-refractivity contribution < 1.29 is 18.0 Å². The number of aromatic nitrogens is 2. The number of amides is 1. The fourth-order valence-electron chi connectivity index (χ4n) is 5.83. The zero-order chi connectivity index (χ0) is 28.3. The highest BCUT2D eigenvalue weighted by Gasteiger charge is 2.39. The molecule has 8 heteroatoms. The van der Waals surface area contributed by atoms with E-state index in [0.717, 1.165) is 52.2 Å². The quantitative estimate of drug-likeness (QED) is 0.283. The minimum absolute atomic E-state index is 0.0940. The lowest BCUT2D eigenvalue weighted by molar-refractivity contribution is -0.137. The number of hydrogen-bond donors (Lipinski definition) is 1. The van der Waals surface area contributed by atoms with Crippen molar-refractivity contribution in [2.24, 2.45) is 0 Å². The molecule has 0 fully saturated rings.